The van der Waals surface area contributed by atoms with E-state index in [1.165, 1.54) is 55.0 Å². The molecule has 2 heterocycles. The highest BCUT2D eigenvalue weighted by atomic mass is 15.0. The van der Waals surface area contributed by atoms with Gasteiger partial charge in [-0.05, 0) is 75.5 Å². The van der Waals surface area contributed by atoms with Crippen LogP contribution in [0.4, 0.5) is 0 Å². The van der Waals surface area contributed by atoms with Crippen LogP contribution >= 0.6 is 0 Å². The van der Waals surface area contributed by atoms with E-state index in [2.05, 4.69) is 193 Å². The quantitative estimate of drug-likeness (QED) is 0.167. The van der Waals surface area contributed by atoms with Crippen molar-refractivity contribution in [3.8, 4) is 50.5 Å². The Balaban J connectivity index is 1.08. The molecule has 3 heteroatoms. The van der Waals surface area contributed by atoms with Crippen molar-refractivity contribution < 1.29 is 0 Å². The Morgan fingerprint density at radius 3 is 1.38 bits per heavy atom. The normalized spacial score (nSPS) is 11.6. The molecule has 0 amide bonds. The van der Waals surface area contributed by atoms with Crippen molar-refractivity contribution in [3.05, 3.63) is 200 Å². The van der Waals surface area contributed by atoms with Crippen LogP contribution in [0.15, 0.2) is 200 Å². The lowest BCUT2D eigenvalue weighted by atomic mass is 9.93. The van der Waals surface area contributed by atoms with Gasteiger partial charge in [-0.15, -0.1) is 0 Å². The van der Waals surface area contributed by atoms with Gasteiger partial charge < -0.3 is 4.57 Å². The van der Waals surface area contributed by atoms with E-state index in [1.807, 2.05) is 12.1 Å². The maximum absolute atomic E-state index is 5.46. The van der Waals surface area contributed by atoms with E-state index in [9.17, 15) is 0 Å². The lowest BCUT2D eigenvalue weighted by Crippen LogP contribution is -1.97. The fraction of sp³-hybridized carbons (Fsp3) is 0. The molecule has 55 heavy (non-hydrogen) atoms. The molecule has 9 aromatic carbocycles. The Morgan fingerprint density at radius 2 is 0.727 bits per heavy atom. The summed E-state index contributed by atoms with van der Waals surface area (Å²) >= 11 is 0. The molecule has 0 spiro atoms. The van der Waals surface area contributed by atoms with Gasteiger partial charge in [0.2, 0.25) is 0 Å². The molecule has 3 nitrogen and oxygen atoms in total. The summed E-state index contributed by atoms with van der Waals surface area (Å²) in [6.07, 6.45) is 0. The first-order valence-corrected chi connectivity index (χ1v) is 18.7. The van der Waals surface area contributed by atoms with Crippen molar-refractivity contribution in [2.75, 3.05) is 0 Å². The second-order valence-corrected chi connectivity index (χ2v) is 14.2. The summed E-state index contributed by atoms with van der Waals surface area (Å²) in [6, 6.07) is 71.4. The number of fused-ring (bicyclic) bond motifs is 9. The van der Waals surface area contributed by atoms with Gasteiger partial charge in [-0.3, -0.25) is 0 Å². The molecule has 256 valence electrons. The number of hydrogen-bond donors (Lipinski definition) is 0. The topological polar surface area (TPSA) is 30.7 Å². The average Bonchev–Trinajstić information content (AvgIpc) is 3.60. The minimum atomic E-state index is 0.886. The van der Waals surface area contributed by atoms with E-state index in [4.69, 9.17) is 9.97 Å². The van der Waals surface area contributed by atoms with Crippen LogP contribution in [0.3, 0.4) is 0 Å². The average molecular weight is 700 g/mol. The zero-order chi connectivity index (χ0) is 36.3. The molecule has 0 aliphatic rings. The van der Waals surface area contributed by atoms with Gasteiger partial charge >= 0.3 is 0 Å². The summed E-state index contributed by atoms with van der Waals surface area (Å²) in [5, 5.41) is 7.03. The third kappa shape index (κ3) is 5.13. The summed E-state index contributed by atoms with van der Waals surface area (Å²) < 4.78 is 2.36. The second kappa shape index (κ2) is 12.6. The molecule has 0 bridgehead atoms. The molecule has 11 rings (SSSR count). The van der Waals surface area contributed by atoms with Gasteiger partial charge in [0.15, 0.2) is 0 Å². The molecule has 0 fully saturated rings. The van der Waals surface area contributed by atoms with Crippen LogP contribution in [-0.4, -0.2) is 14.5 Å². The number of nitrogens with zero attached hydrogens (tertiary/aromatic N) is 3. The van der Waals surface area contributed by atoms with Gasteiger partial charge in [0.1, 0.15) is 0 Å². The van der Waals surface area contributed by atoms with Crippen molar-refractivity contribution >= 4 is 54.4 Å². The Bertz CT molecular complexity index is 3240. The standard InChI is InChI=1S/C52H33N3/c1-4-15-34(16-5-1)49-50(35-17-6-2-7-18-35)54-52-44-29-27-38(32-45(44)41-23-10-11-25-43(41)51(52)53-49)36-19-14-20-37(31-36)39-28-30-48-46(33-39)42-24-12-13-26-47(42)55(48)40-21-8-3-9-22-40/h1-33H. The minimum absolute atomic E-state index is 0.886. The van der Waals surface area contributed by atoms with Gasteiger partial charge in [-0.25, -0.2) is 9.97 Å². The SMILES string of the molecule is c1ccc(-c2nc3c4ccccc4c4cc(-c5cccc(-c6ccc7c(c6)c6ccccc6n7-c6ccccc6)c5)ccc4c3nc2-c2ccccc2)cc1. The number of aromatic nitrogens is 3. The molecule has 0 saturated carbocycles. The number of hydrogen-bond acceptors (Lipinski definition) is 2. The Hall–Kier alpha value is -7.36. The van der Waals surface area contributed by atoms with Crippen LogP contribution in [0, 0.1) is 0 Å². The highest BCUT2D eigenvalue weighted by Gasteiger charge is 2.19. The first-order valence-electron chi connectivity index (χ1n) is 18.7. The number of para-hydroxylation sites is 2. The monoisotopic (exact) mass is 699 g/mol. The summed E-state index contributed by atoms with van der Waals surface area (Å²) in [7, 11) is 0. The maximum atomic E-state index is 5.46. The van der Waals surface area contributed by atoms with Gasteiger partial charge in [0, 0.05) is 38.4 Å². The van der Waals surface area contributed by atoms with Crippen molar-refractivity contribution in [1.82, 2.24) is 14.5 Å². The zero-order valence-corrected chi connectivity index (χ0v) is 29.9. The third-order valence-electron chi connectivity index (χ3n) is 11.0. The van der Waals surface area contributed by atoms with Crippen LogP contribution in [0.5, 0.6) is 0 Å². The van der Waals surface area contributed by atoms with Crippen LogP contribution in [-0.2, 0) is 0 Å². The molecule has 0 atom stereocenters. The third-order valence-corrected chi connectivity index (χ3v) is 11.0. The predicted octanol–water partition coefficient (Wildman–Crippen LogP) is 13.7. The van der Waals surface area contributed by atoms with Gasteiger partial charge in [0.05, 0.1) is 33.5 Å². The molecular formula is C52H33N3. The van der Waals surface area contributed by atoms with Crippen LogP contribution in [0.1, 0.15) is 0 Å². The number of benzene rings is 9. The summed E-state index contributed by atoms with van der Waals surface area (Å²) in [6.45, 7) is 0. The summed E-state index contributed by atoms with van der Waals surface area (Å²) in [5.41, 5.74) is 14.0. The van der Waals surface area contributed by atoms with Crippen molar-refractivity contribution in [2.24, 2.45) is 0 Å². The van der Waals surface area contributed by atoms with Crippen molar-refractivity contribution in [2.45, 2.75) is 0 Å². The van der Waals surface area contributed by atoms with E-state index in [-0.39, 0.29) is 0 Å². The fourth-order valence-electron chi connectivity index (χ4n) is 8.37. The summed E-state index contributed by atoms with van der Waals surface area (Å²) in [5.74, 6) is 0. The fourth-order valence-corrected chi connectivity index (χ4v) is 8.37. The van der Waals surface area contributed by atoms with E-state index < -0.39 is 0 Å². The van der Waals surface area contributed by atoms with E-state index in [0.29, 0.717) is 0 Å². The zero-order valence-electron chi connectivity index (χ0n) is 29.9. The Labute approximate surface area is 318 Å². The van der Waals surface area contributed by atoms with Crippen LogP contribution < -0.4 is 0 Å². The Kier molecular flexibility index (Phi) is 7.17. The largest absolute Gasteiger partial charge is 0.309 e. The lowest BCUT2D eigenvalue weighted by Gasteiger charge is -2.15. The maximum Gasteiger partial charge on any atom is 0.0979 e. The first kappa shape index (κ1) is 31.2. The van der Waals surface area contributed by atoms with Crippen molar-refractivity contribution in [3.63, 3.8) is 0 Å². The molecule has 0 aliphatic carbocycles. The molecular weight excluding hydrogens is 667 g/mol. The highest BCUT2D eigenvalue weighted by Crippen LogP contribution is 2.40. The first-order chi connectivity index (χ1) is 27.3. The van der Waals surface area contributed by atoms with E-state index in [1.54, 1.807) is 0 Å². The summed E-state index contributed by atoms with van der Waals surface area (Å²) in [4.78, 5) is 10.9. The van der Waals surface area contributed by atoms with E-state index in [0.717, 1.165) is 49.9 Å². The second-order valence-electron chi connectivity index (χ2n) is 14.2. The predicted molar refractivity (Wildman–Crippen MR) is 231 cm³/mol. The molecule has 11 aromatic rings. The molecule has 2 aromatic heterocycles. The molecule has 0 N–H and O–H groups in total. The van der Waals surface area contributed by atoms with Gasteiger partial charge in [-0.2, -0.15) is 0 Å². The molecule has 0 radical (unpaired) electrons. The van der Waals surface area contributed by atoms with Gasteiger partial charge in [0.25, 0.3) is 0 Å². The van der Waals surface area contributed by atoms with Crippen LogP contribution in [0.25, 0.3) is 105 Å². The lowest BCUT2D eigenvalue weighted by molar-refractivity contribution is 1.18. The molecule has 0 aliphatic heterocycles. The Morgan fingerprint density at radius 1 is 0.273 bits per heavy atom. The smallest absolute Gasteiger partial charge is 0.0979 e. The van der Waals surface area contributed by atoms with Crippen LogP contribution in [0.2, 0.25) is 0 Å². The number of rotatable bonds is 5. The molecule has 0 unspecified atom stereocenters. The molecule has 0 saturated heterocycles. The van der Waals surface area contributed by atoms with E-state index >= 15 is 0 Å². The van der Waals surface area contributed by atoms with Gasteiger partial charge in [-0.1, -0.05) is 158 Å². The highest BCUT2D eigenvalue weighted by molar-refractivity contribution is 6.24. The minimum Gasteiger partial charge on any atom is -0.309 e. The van der Waals surface area contributed by atoms with Crippen molar-refractivity contribution in [1.29, 1.82) is 0 Å².